The number of hydrogen-bond acceptors (Lipinski definition) is 4. The Morgan fingerprint density at radius 3 is 2.23 bits per heavy atom. The van der Waals surface area contributed by atoms with Gasteiger partial charge in [0.25, 0.3) is 0 Å². The SMILES string of the molecule is O=C(O)c1nn(C(=O)N2CC3CC(Oc4cccc(-c5ccccc5)c4)CC3C2)cc1C(F)(F)F. The normalized spacial score (nSPS) is 21.7. The summed E-state index contributed by atoms with van der Waals surface area (Å²) >= 11 is 0. The molecule has 1 saturated carbocycles. The molecule has 1 N–H and O–H groups in total. The van der Waals surface area contributed by atoms with Crippen molar-refractivity contribution >= 4 is 12.0 Å². The van der Waals surface area contributed by atoms with Crippen LogP contribution < -0.4 is 4.74 Å². The Morgan fingerprint density at radius 1 is 0.971 bits per heavy atom. The second-order valence-electron chi connectivity index (χ2n) is 8.95. The molecule has 182 valence electrons. The molecule has 10 heteroatoms. The molecule has 0 radical (unpaired) electrons. The lowest BCUT2D eigenvalue weighted by Gasteiger charge is -2.20. The van der Waals surface area contributed by atoms with Crippen molar-refractivity contribution in [3.05, 3.63) is 72.1 Å². The van der Waals surface area contributed by atoms with Crippen molar-refractivity contribution in [1.29, 1.82) is 0 Å². The third-order valence-electron chi connectivity index (χ3n) is 6.64. The molecule has 0 bridgehead atoms. The fraction of sp³-hybridized carbons (Fsp3) is 0.320. The predicted octanol–water partition coefficient (Wildman–Crippen LogP) is 5.02. The Balaban J connectivity index is 1.23. The number of nitrogens with zero attached hydrogens (tertiary/aromatic N) is 3. The quantitative estimate of drug-likeness (QED) is 0.561. The molecule has 2 atom stereocenters. The number of aromatic nitrogens is 2. The Kier molecular flexibility index (Phi) is 5.74. The summed E-state index contributed by atoms with van der Waals surface area (Å²) in [4.78, 5) is 25.4. The number of ether oxygens (including phenoxy) is 1. The van der Waals surface area contributed by atoms with E-state index in [4.69, 9.17) is 9.84 Å². The number of aromatic carboxylic acids is 1. The van der Waals surface area contributed by atoms with E-state index in [0.717, 1.165) is 29.7 Å². The molecule has 35 heavy (non-hydrogen) atoms. The first-order valence-electron chi connectivity index (χ1n) is 11.2. The van der Waals surface area contributed by atoms with Crippen molar-refractivity contribution in [3.8, 4) is 16.9 Å². The Morgan fingerprint density at radius 2 is 1.63 bits per heavy atom. The highest BCUT2D eigenvalue weighted by Gasteiger charge is 2.45. The van der Waals surface area contributed by atoms with Gasteiger partial charge in [-0.2, -0.15) is 23.0 Å². The zero-order valence-corrected chi connectivity index (χ0v) is 18.5. The summed E-state index contributed by atoms with van der Waals surface area (Å²) < 4.78 is 46.1. The Labute approximate surface area is 198 Å². The fourth-order valence-electron chi connectivity index (χ4n) is 5.05. The maximum atomic E-state index is 13.1. The number of hydrogen-bond donors (Lipinski definition) is 1. The molecule has 1 aliphatic carbocycles. The molecule has 0 spiro atoms. The van der Waals surface area contributed by atoms with Gasteiger partial charge in [-0.1, -0.05) is 42.5 Å². The van der Waals surface area contributed by atoms with Crippen LogP contribution in [0.2, 0.25) is 0 Å². The highest BCUT2D eigenvalue weighted by atomic mass is 19.4. The summed E-state index contributed by atoms with van der Waals surface area (Å²) in [5.41, 5.74) is -0.481. The first-order valence-corrected chi connectivity index (χ1v) is 11.2. The smallest absolute Gasteiger partial charge is 0.420 e. The third kappa shape index (κ3) is 4.60. The highest BCUT2D eigenvalue weighted by Crippen LogP contribution is 2.40. The number of fused-ring (bicyclic) bond motifs is 1. The summed E-state index contributed by atoms with van der Waals surface area (Å²) in [7, 11) is 0. The van der Waals surface area contributed by atoms with Gasteiger partial charge in [0.05, 0.1) is 6.10 Å². The zero-order chi connectivity index (χ0) is 24.7. The van der Waals surface area contributed by atoms with Crippen molar-refractivity contribution in [2.45, 2.75) is 25.1 Å². The van der Waals surface area contributed by atoms with E-state index in [9.17, 15) is 22.8 Å². The lowest BCUT2D eigenvalue weighted by molar-refractivity contribution is -0.138. The largest absolute Gasteiger partial charge is 0.490 e. The molecule has 2 aromatic carbocycles. The maximum Gasteiger partial charge on any atom is 0.420 e. The van der Waals surface area contributed by atoms with Crippen LogP contribution in [0.1, 0.15) is 28.9 Å². The van der Waals surface area contributed by atoms with Gasteiger partial charge in [0.2, 0.25) is 0 Å². The predicted molar refractivity (Wildman–Crippen MR) is 119 cm³/mol. The Bertz CT molecular complexity index is 1240. The number of rotatable bonds is 4. The molecule has 3 aromatic rings. The standard InChI is InChI=1S/C25H22F3N3O4/c26-25(27,28)21-14-31(29-22(21)23(32)33)24(34)30-12-17-10-20(11-18(17)13-30)35-19-8-4-7-16(9-19)15-5-2-1-3-6-15/h1-9,14,17-18,20H,10-13H2,(H,32,33). The van der Waals surface area contributed by atoms with E-state index in [1.807, 2.05) is 54.6 Å². The molecule has 1 aromatic heterocycles. The lowest BCUT2D eigenvalue weighted by atomic mass is 10.0. The topological polar surface area (TPSA) is 84.7 Å². The number of alkyl halides is 3. The van der Waals surface area contributed by atoms with Crippen molar-refractivity contribution < 1.29 is 32.6 Å². The summed E-state index contributed by atoms with van der Waals surface area (Å²) in [5, 5.41) is 12.4. The van der Waals surface area contributed by atoms with Gasteiger partial charge in [0.1, 0.15) is 11.3 Å². The van der Waals surface area contributed by atoms with Crippen LogP contribution in [0.4, 0.5) is 18.0 Å². The first kappa shape index (κ1) is 22.9. The molecule has 7 nitrogen and oxygen atoms in total. The number of carboxylic acid groups (broad SMARTS) is 1. The second-order valence-corrected chi connectivity index (χ2v) is 8.95. The number of carboxylic acids is 1. The van der Waals surface area contributed by atoms with Gasteiger partial charge < -0.3 is 14.7 Å². The van der Waals surface area contributed by atoms with Crippen LogP contribution in [0.3, 0.4) is 0 Å². The molecular weight excluding hydrogens is 463 g/mol. The van der Waals surface area contributed by atoms with Crippen LogP contribution in [-0.2, 0) is 6.18 Å². The molecule has 2 aliphatic rings. The van der Waals surface area contributed by atoms with Crippen LogP contribution in [-0.4, -0.2) is 51.0 Å². The molecule has 2 fully saturated rings. The van der Waals surface area contributed by atoms with Crippen molar-refractivity contribution in [2.75, 3.05) is 13.1 Å². The minimum absolute atomic E-state index is 0.0200. The minimum atomic E-state index is -4.92. The van der Waals surface area contributed by atoms with Gasteiger partial charge in [-0.05, 0) is 47.9 Å². The van der Waals surface area contributed by atoms with Crippen LogP contribution in [0.25, 0.3) is 11.1 Å². The van der Waals surface area contributed by atoms with Gasteiger partial charge in [-0.25, -0.2) is 9.59 Å². The fourth-order valence-corrected chi connectivity index (χ4v) is 5.05. The third-order valence-corrected chi connectivity index (χ3v) is 6.64. The first-order chi connectivity index (χ1) is 16.7. The zero-order valence-electron chi connectivity index (χ0n) is 18.5. The molecule has 1 amide bonds. The van der Waals surface area contributed by atoms with Crippen molar-refractivity contribution in [1.82, 2.24) is 14.7 Å². The van der Waals surface area contributed by atoms with Crippen LogP contribution >= 0.6 is 0 Å². The van der Waals surface area contributed by atoms with Gasteiger partial charge in [0, 0.05) is 19.3 Å². The molecular formula is C25H22F3N3O4. The van der Waals surface area contributed by atoms with Gasteiger partial charge in [-0.3, -0.25) is 0 Å². The van der Waals surface area contributed by atoms with E-state index in [-0.39, 0.29) is 17.9 Å². The van der Waals surface area contributed by atoms with E-state index in [1.54, 1.807) is 0 Å². The second kappa shape index (κ2) is 8.75. The van der Waals surface area contributed by atoms with Gasteiger partial charge in [-0.15, -0.1) is 0 Å². The van der Waals surface area contributed by atoms with Gasteiger partial charge in [0.15, 0.2) is 5.69 Å². The van der Waals surface area contributed by atoms with E-state index >= 15 is 0 Å². The summed E-state index contributed by atoms with van der Waals surface area (Å²) in [5.74, 6) is -0.768. The average Bonchev–Trinajstić information content (AvgIpc) is 3.52. The number of benzene rings is 2. The minimum Gasteiger partial charge on any atom is -0.490 e. The van der Waals surface area contributed by atoms with Gasteiger partial charge >= 0.3 is 18.2 Å². The number of halogens is 3. The van der Waals surface area contributed by atoms with Crippen LogP contribution in [0.5, 0.6) is 5.75 Å². The molecule has 1 aliphatic heterocycles. The average molecular weight is 485 g/mol. The summed E-state index contributed by atoms with van der Waals surface area (Å²) in [6, 6.07) is 17.1. The van der Waals surface area contributed by atoms with Crippen molar-refractivity contribution in [3.63, 3.8) is 0 Å². The molecule has 1 saturated heterocycles. The molecule has 2 heterocycles. The number of likely N-dealkylation sites (tertiary alicyclic amines) is 1. The monoisotopic (exact) mass is 485 g/mol. The number of carbonyl (C=O) groups is 2. The van der Waals surface area contributed by atoms with Crippen molar-refractivity contribution in [2.24, 2.45) is 11.8 Å². The molecule has 2 unspecified atom stereocenters. The van der Waals surface area contributed by atoms with E-state index in [1.165, 1.54) is 4.90 Å². The molecule has 5 rings (SSSR count). The maximum absolute atomic E-state index is 13.1. The summed E-state index contributed by atoms with van der Waals surface area (Å²) in [6.45, 7) is 0.716. The highest BCUT2D eigenvalue weighted by molar-refractivity contribution is 5.88. The number of carbonyl (C=O) groups excluding carboxylic acids is 1. The summed E-state index contributed by atoms with van der Waals surface area (Å²) in [6.07, 6.45) is -3.05. The van der Waals surface area contributed by atoms with E-state index in [0.29, 0.717) is 24.0 Å². The van der Waals surface area contributed by atoms with E-state index in [2.05, 4.69) is 5.10 Å². The lowest BCUT2D eigenvalue weighted by Crippen LogP contribution is -2.34. The van der Waals surface area contributed by atoms with Crippen LogP contribution in [0.15, 0.2) is 60.8 Å². The van der Waals surface area contributed by atoms with Crippen LogP contribution in [0, 0.1) is 11.8 Å². The van der Waals surface area contributed by atoms with E-state index < -0.39 is 29.4 Å². The Hall–Kier alpha value is -3.82. The number of amides is 1.